The molecule has 4 heteroatoms. The molecular weight excluding hydrogens is 300 g/mol. The molecule has 0 unspecified atom stereocenters. The van der Waals surface area contributed by atoms with Crippen LogP contribution in [-0.2, 0) is 16.1 Å². The third-order valence-corrected chi connectivity index (χ3v) is 4.63. The first-order valence-corrected chi connectivity index (χ1v) is 8.59. The Labute approximate surface area is 143 Å². The molecule has 0 spiro atoms. The highest BCUT2D eigenvalue weighted by Crippen LogP contribution is 2.26. The van der Waals surface area contributed by atoms with Crippen molar-refractivity contribution in [1.82, 2.24) is 9.88 Å². The lowest BCUT2D eigenvalue weighted by atomic mass is 9.97. The van der Waals surface area contributed by atoms with Gasteiger partial charge in [0.05, 0.1) is 11.7 Å². The minimum absolute atomic E-state index is 0.0497. The molecule has 1 amide bonds. The van der Waals surface area contributed by atoms with Crippen LogP contribution < -0.4 is 0 Å². The molecule has 1 fully saturated rings. The predicted octanol–water partition coefficient (Wildman–Crippen LogP) is 3.60. The largest absolute Gasteiger partial charge is 0.381 e. The highest BCUT2D eigenvalue weighted by atomic mass is 16.5. The number of amides is 1. The van der Waals surface area contributed by atoms with E-state index in [2.05, 4.69) is 24.0 Å². The van der Waals surface area contributed by atoms with Crippen molar-refractivity contribution in [2.45, 2.75) is 32.4 Å². The summed E-state index contributed by atoms with van der Waals surface area (Å²) in [5.41, 5.74) is 2.06. The summed E-state index contributed by atoms with van der Waals surface area (Å²) in [4.78, 5) is 19.6. The van der Waals surface area contributed by atoms with E-state index in [0.717, 1.165) is 24.1 Å². The van der Waals surface area contributed by atoms with E-state index in [1.165, 1.54) is 0 Å². The average molecular weight is 324 g/mol. The molecule has 0 aliphatic carbocycles. The molecule has 1 saturated heterocycles. The summed E-state index contributed by atoms with van der Waals surface area (Å²) in [6, 6.07) is 16.0. The molecule has 2 heterocycles. The zero-order chi connectivity index (χ0) is 16.8. The van der Waals surface area contributed by atoms with Gasteiger partial charge in [-0.25, -0.2) is 0 Å². The number of carbonyl (C=O) groups is 1. The fourth-order valence-corrected chi connectivity index (χ4v) is 3.15. The van der Waals surface area contributed by atoms with E-state index < -0.39 is 0 Å². The molecule has 1 aromatic heterocycles. The van der Waals surface area contributed by atoms with Crippen molar-refractivity contribution < 1.29 is 9.53 Å². The first-order chi connectivity index (χ1) is 11.8. The van der Waals surface area contributed by atoms with Crippen molar-refractivity contribution in [1.29, 1.82) is 0 Å². The van der Waals surface area contributed by atoms with E-state index in [1.807, 2.05) is 41.3 Å². The topological polar surface area (TPSA) is 42.4 Å². The molecule has 3 rings (SSSR count). The molecule has 2 aromatic rings. The quantitative estimate of drug-likeness (QED) is 0.844. The SMILES string of the molecule is C[C@@H](c1ccccn1)N(Cc1ccccc1)C(=O)C1CCOCC1. The molecular formula is C20H24N2O2. The molecule has 1 aromatic carbocycles. The number of rotatable bonds is 5. The Morgan fingerprint density at radius 1 is 1.17 bits per heavy atom. The van der Waals surface area contributed by atoms with Gasteiger partial charge in [0.25, 0.3) is 0 Å². The van der Waals surface area contributed by atoms with Gasteiger partial charge in [-0.2, -0.15) is 0 Å². The van der Waals surface area contributed by atoms with Crippen LogP contribution in [0.5, 0.6) is 0 Å². The first-order valence-electron chi connectivity index (χ1n) is 8.59. The normalized spacial score (nSPS) is 16.5. The maximum atomic E-state index is 13.2. The number of nitrogens with zero attached hydrogens (tertiary/aromatic N) is 2. The van der Waals surface area contributed by atoms with E-state index in [9.17, 15) is 4.79 Å². The number of hydrogen-bond donors (Lipinski definition) is 0. The summed E-state index contributed by atoms with van der Waals surface area (Å²) in [7, 11) is 0. The van der Waals surface area contributed by atoms with Crippen molar-refractivity contribution in [2.75, 3.05) is 13.2 Å². The number of benzene rings is 1. The van der Waals surface area contributed by atoms with E-state index in [1.54, 1.807) is 6.20 Å². The van der Waals surface area contributed by atoms with Gasteiger partial charge in [0, 0.05) is 31.9 Å². The lowest BCUT2D eigenvalue weighted by Crippen LogP contribution is -2.39. The summed E-state index contributed by atoms with van der Waals surface area (Å²) in [6.45, 7) is 4.01. The van der Waals surface area contributed by atoms with E-state index in [0.29, 0.717) is 19.8 Å². The number of aromatic nitrogens is 1. The Morgan fingerprint density at radius 2 is 1.88 bits per heavy atom. The zero-order valence-electron chi connectivity index (χ0n) is 14.1. The van der Waals surface area contributed by atoms with Crippen LogP contribution in [0.25, 0.3) is 0 Å². The van der Waals surface area contributed by atoms with Crippen molar-refractivity contribution in [3.8, 4) is 0 Å². The van der Waals surface area contributed by atoms with Gasteiger partial charge in [-0.05, 0) is 37.5 Å². The van der Waals surface area contributed by atoms with Crippen LogP contribution in [0.2, 0.25) is 0 Å². The fourth-order valence-electron chi connectivity index (χ4n) is 3.15. The van der Waals surface area contributed by atoms with Crippen LogP contribution in [0.15, 0.2) is 54.7 Å². The molecule has 1 atom stereocenters. The Bertz CT molecular complexity index is 639. The van der Waals surface area contributed by atoms with E-state index in [4.69, 9.17) is 4.74 Å². The summed E-state index contributed by atoms with van der Waals surface area (Å²) >= 11 is 0. The van der Waals surface area contributed by atoms with Crippen LogP contribution >= 0.6 is 0 Å². The monoisotopic (exact) mass is 324 g/mol. The van der Waals surface area contributed by atoms with Gasteiger partial charge in [-0.1, -0.05) is 36.4 Å². The highest BCUT2D eigenvalue weighted by molar-refractivity contribution is 5.79. The molecule has 126 valence electrons. The third-order valence-electron chi connectivity index (χ3n) is 4.63. The maximum absolute atomic E-state index is 13.2. The Kier molecular flexibility index (Phi) is 5.59. The lowest BCUT2D eigenvalue weighted by molar-refractivity contribution is -0.141. The number of ether oxygens (including phenoxy) is 1. The molecule has 0 saturated carbocycles. The number of pyridine rings is 1. The second kappa shape index (κ2) is 8.06. The number of carbonyl (C=O) groups excluding carboxylic acids is 1. The van der Waals surface area contributed by atoms with Gasteiger partial charge in [0.1, 0.15) is 0 Å². The van der Waals surface area contributed by atoms with E-state index in [-0.39, 0.29) is 17.9 Å². The molecule has 4 nitrogen and oxygen atoms in total. The Balaban J connectivity index is 1.83. The molecule has 1 aliphatic heterocycles. The van der Waals surface area contributed by atoms with Crippen LogP contribution in [0.1, 0.15) is 37.1 Å². The summed E-state index contributed by atoms with van der Waals surface area (Å²) in [5.74, 6) is 0.258. The minimum Gasteiger partial charge on any atom is -0.381 e. The van der Waals surface area contributed by atoms with Crippen molar-refractivity contribution >= 4 is 5.91 Å². The predicted molar refractivity (Wildman–Crippen MR) is 93.2 cm³/mol. The average Bonchev–Trinajstić information content (AvgIpc) is 2.67. The summed E-state index contributed by atoms with van der Waals surface area (Å²) in [6.07, 6.45) is 3.39. The molecule has 0 radical (unpaired) electrons. The second-order valence-electron chi connectivity index (χ2n) is 6.27. The highest BCUT2D eigenvalue weighted by Gasteiger charge is 2.30. The van der Waals surface area contributed by atoms with Crippen molar-refractivity contribution in [3.63, 3.8) is 0 Å². The Morgan fingerprint density at radius 3 is 2.54 bits per heavy atom. The zero-order valence-corrected chi connectivity index (χ0v) is 14.1. The standard InChI is InChI=1S/C20H24N2O2/c1-16(19-9-5-6-12-21-19)22(15-17-7-3-2-4-8-17)20(23)18-10-13-24-14-11-18/h2-9,12,16,18H,10-11,13-15H2,1H3/t16-/m0/s1. The van der Waals surface area contributed by atoms with Gasteiger partial charge >= 0.3 is 0 Å². The maximum Gasteiger partial charge on any atom is 0.226 e. The first kappa shape index (κ1) is 16.7. The van der Waals surface area contributed by atoms with Crippen molar-refractivity contribution in [2.24, 2.45) is 5.92 Å². The van der Waals surface area contributed by atoms with Gasteiger partial charge < -0.3 is 9.64 Å². The van der Waals surface area contributed by atoms with Crippen LogP contribution in [0, 0.1) is 5.92 Å². The Hall–Kier alpha value is -2.20. The smallest absolute Gasteiger partial charge is 0.226 e. The van der Waals surface area contributed by atoms with E-state index >= 15 is 0 Å². The second-order valence-corrected chi connectivity index (χ2v) is 6.27. The van der Waals surface area contributed by atoms with Gasteiger partial charge in [0.2, 0.25) is 5.91 Å². The number of hydrogen-bond acceptors (Lipinski definition) is 3. The fraction of sp³-hybridized carbons (Fsp3) is 0.400. The minimum atomic E-state index is -0.0539. The third kappa shape index (κ3) is 4.01. The summed E-state index contributed by atoms with van der Waals surface area (Å²) < 4.78 is 5.41. The van der Waals surface area contributed by atoms with Crippen LogP contribution in [-0.4, -0.2) is 29.0 Å². The van der Waals surface area contributed by atoms with Crippen molar-refractivity contribution in [3.05, 3.63) is 66.0 Å². The molecule has 0 N–H and O–H groups in total. The van der Waals surface area contributed by atoms with Crippen LogP contribution in [0.4, 0.5) is 0 Å². The summed E-state index contributed by atoms with van der Waals surface area (Å²) in [5, 5.41) is 0. The molecule has 1 aliphatic rings. The van der Waals surface area contributed by atoms with Crippen LogP contribution in [0.3, 0.4) is 0 Å². The van der Waals surface area contributed by atoms with Gasteiger partial charge in [-0.15, -0.1) is 0 Å². The van der Waals surface area contributed by atoms with Gasteiger partial charge in [0.15, 0.2) is 0 Å². The lowest BCUT2D eigenvalue weighted by Gasteiger charge is -2.33. The molecule has 0 bridgehead atoms. The molecule has 24 heavy (non-hydrogen) atoms. The van der Waals surface area contributed by atoms with Gasteiger partial charge in [-0.3, -0.25) is 9.78 Å².